The predicted molar refractivity (Wildman–Crippen MR) is 63.5 cm³/mol. The molecule has 0 saturated heterocycles. The quantitative estimate of drug-likeness (QED) is 0.803. The van der Waals surface area contributed by atoms with Gasteiger partial charge in [0.15, 0.2) is 0 Å². The van der Waals surface area contributed by atoms with Gasteiger partial charge in [0.25, 0.3) is 0 Å². The van der Waals surface area contributed by atoms with Gasteiger partial charge in [0.05, 0.1) is 12.5 Å². The lowest BCUT2D eigenvalue weighted by atomic mass is 9.67. The Labute approximate surface area is 105 Å². The van der Waals surface area contributed by atoms with Crippen molar-refractivity contribution in [3.63, 3.8) is 0 Å². The average molecular weight is 246 g/mol. The smallest absolute Gasteiger partial charge is 0.311 e. The van der Waals surface area contributed by atoms with Crippen molar-refractivity contribution in [2.75, 3.05) is 12.4 Å². The van der Waals surface area contributed by atoms with Crippen LogP contribution in [-0.4, -0.2) is 29.1 Å². The molecule has 1 N–H and O–H groups in total. The van der Waals surface area contributed by atoms with Gasteiger partial charge in [-0.05, 0) is 25.8 Å². The molecule has 6 nitrogen and oxygen atoms in total. The zero-order valence-electron chi connectivity index (χ0n) is 10.3. The first-order valence-electron chi connectivity index (χ1n) is 5.65. The minimum atomic E-state index is -0.417. The van der Waals surface area contributed by atoms with Crippen LogP contribution in [0.1, 0.15) is 25.5 Å². The lowest BCUT2D eigenvalue weighted by molar-refractivity contribution is -0.157. The van der Waals surface area contributed by atoms with Crippen LogP contribution in [0.25, 0.3) is 0 Å². The minimum Gasteiger partial charge on any atom is -0.469 e. The Kier molecular flexibility index (Phi) is 3.15. The molecule has 1 aliphatic carbocycles. The molecule has 0 amide bonds. The van der Waals surface area contributed by atoms with E-state index in [-0.39, 0.29) is 12.0 Å². The maximum absolute atomic E-state index is 11.5. The topological polar surface area (TPSA) is 87.9 Å². The summed E-state index contributed by atoms with van der Waals surface area (Å²) in [7, 11) is 1.40. The predicted octanol–water partition coefficient (Wildman–Crippen LogP) is 1.10. The monoisotopic (exact) mass is 246 g/mol. The van der Waals surface area contributed by atoms with E-state index in [1.807, 2.05) is 13.0 Å². The Balaban J connectivity index is 1.94. The van der Waals surface area contributed by atoms with Crippen LogP contribution in [0.2, 0.25) is 0 Å². The highest BCUT2D eigenvalue weighted by atomic mass is 16.5. The largest absolute Gasteiger partial charge is 0.469 e. The fourth-order valence-electron chi connectivity index (χ4n) is 2.22. The van der Waals surface area contributed by atoms with E-state index in [2.05, 4.69) is 15.3 Å². The van der Waals surface area contributed by atoms with Crippen LogP contribution in [0.4, 0.5) is 5.95 Å². The summed E-state index contributed by atoms with van der Waals surface area (Å²) in [6.07, 6.45) is 2.89. The highest BCUT2D eigenvalue weighted by Gasteiger charge is 2.47. The number of aromatic nitrogens is 2. The van der Waals surface area contributed by atoms with Crippen LogP contribution in [0.15, 0.2) is 12.3 Å². The maximum Gasteiger partial charge on any atom is 0.311 e. The van der Waals surface area contributed by atoms with E-state index in [4.69, 9.17) is 10.00 Å². The van der Waals surface area contributed by atoms with Gasteiger partial charge >= 0.3 is 5.97 Å². The highest BCUT2D eigenvalue weighted by Crippen LogP contribution is 2.42. The van der Waals surface area contributed by atoms with E-state index in [9.17, 15) is 4.79 Å². The Morgan fingerprint density at radius 2 is 2.39 bits per heavy atom. The number of carbonyl (C=O) groups is 1. The first kappa shape index (κ1) is 12.3. The molecule has 0 aliphatic heterocycles. The van der Waals surface area contributed by atoms with E-state index in [0.29, 0.717) is 24.5 Å². The Morgan fingerprint density at radius 3 is 3.00 bits per heavy atom. The van der Waals surface area contributed by atoms with Crippen LogP contribution >= 0.6 is 0 Å². The number of anilines is 1. The number of hydrogen-bond acceptors (Lipinski definition) is 6. The van der Waals surface area contributed by atoms with Gasteiger partial charge in [-0.3, -0.25) is 4.79 Å². The molecular formula is C12H14N4O2. The number of ether oxygens (including phenoxy) is 1. The standard InChI is InChI=1S/C12H14N4O2/c1-12(10(17)18-2)5-9(6-12)16-11-14-4-3-8(7-13)15-11/h3-4,9H,5-6H2,1-2H3,(H,14,15,16). The van der Waals surface area contributed by atoms with Crippen molar-refractivity contribution in [2.24, 2.45) is 5.41 Å². The first-order valence-corrected chi connectivity index (χ1v) is 5.65. The molecule has 0 spiro atoms. The van der Waals surface area contributed by atoms with E-state index in [1.165, 1.54) is 13.3 Å². The Morgan fingerprint density at radius 1 is 1.67 bits per heavy atom. The molecule has 0 bridgehead atoms. The van der Waals surface area contributed by atoms with Gasteiger partial charge in [0, 0.05) is 12.2 Å². The molecule has 1 heterocycles. The first-order chi connectivity index (χ1) is 8.57. The third kappa shape index (κ3) is 2.25. The number of nitrogens with one attached hydrogen (secondary N) is 1. The molecule has 1 fully saturated rings. The second-order valence-corrected chi connectivity index (χ2v) is 4.68. The zero-order valence-corrected chi connectivity index (χ0v) is 10.3. The van der Waals surface area contributed by atoms with Crippen molar-refractivity contribution < 1.29 is 9.53 Å². The molecule has 0 atom stereocenters. The SMILES string of the molecule is COC(=O)C1(C)CC(Nc2nccc(C#N)n2)C1. The van der Waals surface area contributed by atoms with E-state index >= 15 is 0 Å². The molecule has 1 aliphatic rings. The molecule has 0 radical (unpaired) electrons. The number of carbonyl (C=O) groups excluding carboxylic acids is 1. The van der Waals surface area contributed by atoms with Crippen LogP contribution < -0.4 is 5.32 Å². The van der Waals surface area contributed by atoms with Crippen molar-refractivity contribution in [1.29, 1.82) is 5.26 Å². The second kappa shape index (κ2) is 4.61. The van der Waals surface area contributed by atoms with E-state index < -0.39 is 5.41 Å². The van der Waals surface area contributed by atoms with E-state index in [0.717, 1.165) is 0 Å². The summed E-state index contributed by atoms with van der Waals surface area (Å²) < 4.78 is 4.75. The molecule has 6 heteroatoms. The summed E-state index contributed by atoms with van der Waals surface area (Å²) in [6, 6.07) is 3.64. The summed E-state index contributed by atoms with van der Waals surface area (Å²) in [5.41, 5.74) is -0.0956. The van der Waals surface area contributed by atoms with Crippen molar-refractivity contribution in [1.82, 2.24) is 9.97 Å². The summed E-state index contributed by atoms with van der Waals surface area (Å²) in [4.78, 5) is 19.5. The van der Waals surface area contributed by atoms with Gasteiger partial charge in [-0.15, -0.1) is 0 Å². The number of nitriles is 1. The molecule has 0 aromatic carbocycles. The van der Waals surface area contributed by atoms with Gasteiger partial charge in [-0.25, -0.2) is 9.97 Å². The van der Waals surface area contributed by atoms with Gasteiger partial charge < -0.3 is 10.1 Å². The summed E-state index contributed by atoms with van der Waals surface area (Å²) >= 11 is 0. The number of esters is 1. The summed E-state index contributed by atoms with van der Waals surface area (Å²) in [6.45, 7) is 1.88. The fourth-order valence-corrected chi connectivity index (χ4v) is 2.22. The van der Waals surface area contributed by atoms with Crippen LogP contribution in [0.5, 0.6) is 0 Å². The molecule has 2 rings (SSSR count). The fraction of sp³-hybridized carbons (Fsp3) is 0.500. The molecule has 18 heavy (non-hydrogen) atoms. The van der Waals surface area contributed by atoms with Gasteiger partial charge in [-0.2, -0.15) is 5.26 Å². The Bertz CT molecular complexity index is 503. The molecule has 1 saturated carbocycles. The third-order valence-electron chi connectivity index (χ3n) is 3.18. The lowest BCUT2D eigenvalue weighted by Crippen LogP contribution is -2.48. The minimum absolute atomic E-state index is 0.142. The molecule has 94 valence electrons. The lowest BCUT2D eigenvalue weighted by Gasteiger charge is -2.42. The highest BCUT2D eigenvalue weighted by molar-refractivity contribution is 5.77. The second-order valence-electron chi connectivity index (χ2n) is 4.68. The van der Waals surface area contributed by atoms with Crippen molar-refractivity contribution in [3.05, 3.63) is 18.0 Å². The Hall–Kier alpha value is -2.16. The van der Waals surface area contributed by atoms with Gasteiger partial charge in [-0.1, -0.05) is 0 Å². The van der Waals surface area contributed by atoms with Crippen LogP contribution in [0.3, 0.4) is 0 Å². The van der Waals surface area contributed by atoms with Crippen molar-refractivity contribution in [2.45, 2.75) is 25.8 Å². The van der Waals surface area contributed by atoms with Crippen LogP contribution in [-0.2, 0) is 9.53 Å². The maximum atomic E-state index is 11.5. The molecular weight excluding hydrogens is 232 g/mol. The number of nitrogens with zero attached hydrogens (tertiary/aromatic N) is 3. The van der Waals surface area contributed by atoms with Gasteiger partial charge in [0.2, 0.25) is 5.95 Å². The molecule has 1 aromatic heterocycles. The molecule has 1 aromatic rings. The zero-order chi connectivity index (χ0) is 13.2. The summed E-state index contributed by atoms with van der Waals surface area (Å²) in [5, 5.41) is 11.8. The third-order valence-corrected chi connectivity index (χ3v) is 3.18. The summed E-state index contributed by atoms with van der Waals surface area (Å²) in [5.74, 6) is 0.234. The number of rotatable bonds is 3. The number of methoxy groups -OCH3 is 1. The van der Waals surface area contributed by atoms with Crippen LogP contribution in [0, 0.1) is 16.7 Å². The van der Waals surface area contributed by atoms with Gasteiger partial charge in [0.1, 0.15) is 11.8 Å². The van der Waals surface area contributed by atoms with Crippen molar-refractivity contribution in [3.8, 4) is 6.07 Å². The van der Waals surface area contributed by atoms with E-state index in [1.54, 1.807) is 6.07 Å². The molecule has 0 unspecified atom stereocenters. The van der Waals surface area contributed by atoms with Crippen molar-refractivity contribution >= 4 is 11.9 Å². The average Bonchev–Trinajstić information content (AvgIpc) is 2.36. The normalized spacial score (nSPS) is 25.7. The number of hydrogen-bond donors (Lipinski definition) is 1.